The summed E-state index contributed by atoms with van der Waals surface area (Å²) in [6, 6.07) is 0. The van der Waals surface area contributed by atoms with Gasteiger partial charge in [-0.15, -0.1) is 12.4 Å². The number of rotatable bonds is 14. The van der Waals surface area contributed by atoms with Gasteiger partial charge in [0.15, 0.2) is 0 Å². The van der Waals surface area contributed by atoms with Crippen LogP contribution >= 0.6 is 12.4 Å². The summed E-state index contributed by atoms with van der Waals surface area (Å²) < 4.78 is 0. The molecule has 0 aromatic rings. The summed E-state index contributed by atoms with van der Waals surface area (Å²) in [4.78, 5) is 13.9. The Morgan fingerprint density at radius 1 is 0.857 bits per heavy atom. The largest absolute Gasteiger partial charge is 0.351 e. The van der Waals surface area contributed by atoms with E-state index >= 15 is 0 Å². The van der Waals surface area contributed by atoms with Crippen LogP contribution < -0.4 is 5.32 Å². The molecule has 0 aliphatic rings. The fraction of sp³-hybridized carbons (Fsp3) is 0.625. The van der Waals surface area contributed by atoms with E-state index in [2.05, 4.69) is 55.3 Å². The van der Waals surface area contributed by atoms with Crippen molar-refractivity contribution >= 4 is 18.3 Å². The van der Waals surface area contributed by atoms with Gasteiger partial charge in [0.25, 0.3) is 0 Å². The number of carbonyl (C=O) groups excluding carboxylic acids is 1. The molecule has 0 unspecified atom stereocenters. The van der Waals surface area contributed by atoms with Gasteiger partial charge in [-0.3, -0.25) is 4.79 Å². The third kappa shape index (κ3) is 19.4. The molecule has 0 aliphatic carbocycles. The van der Waals surface area contributed by atoms with E-state index in [-0.39, 0.29) is 18.3 Å². The highest BCUT2D eigenvalue weighted by atomic mass is 35.5. The highest BCUT2D eigenvalue weighted by Gasteiger charge is 1.98. The van der Waals surface area contributed by atoms with Crippen molar-refractivity contribution < 1.29 is 4.79 Å². The second-order valence-electron chi connectivity index (χ2n) is 7.68. The Hall–Kier alpha value is -1.32. The van der Waals surface area contributed by atoms with Crippen LogP contribution in [0.5, 0.6) is 0 Å². The van der Waals surface area contributed by atoms with Gasteiger partial charge in [-0.05, 0) is 79.8 Å². The first-order valence-corrected chi connectivity index (χ1v) is 10.4. The summed E-state index contributed by atoms with van der Waals surface area (Å²) in [7, 11) is 4.01. The Morgan fingerprint density at radius 2 is 1.39 bits per heavy atom. The lowest BCUT2D eigenvalue weighted by Gasteiger charge is -2.09. The van der Waals surface area contributed by atoms with Crippen LogP contribution in [-0.4, -0.2) is 38.0 Å². The molecule has 1 amide bonds. The van der Waals surface area contributed by atoms with Crippen molar-refractivity contribution in [3.63, 3.8) is 0 Å². The second-order valence-corrected chi connectivity index (χ2v) is 7.68. The third-order valence-electron chi connectivity index (χ3n) is 4.41. The van der Waals surface area contributed by atoms with Gasteiger partial charge in [-0.25, -0.2) is 0 Å². The molecule has 0 rings (SSSR count). The second kappa shape index (κ2) is 19.0. The molecule has 28 heavy (non-hydrogen) atoms. The van der Waals surface area contributed by atoms with Crippen LogP contribution in [0.25, 0.3) is 0 Å². The SMILES string of the molecule is CCC=CCCC(C)=CCCC(C)=CCCC(C)=CC(=O)NCCN(C)C.Cl. The Balaban J connectivity index is 0. The Morgan fingerprint density at radius 3 is 1.93 bits per heavy atom. The smallest absolute Gasteiger partial charge is 0.243 e. The van der Waals surface area contributed by atoms with Gasteiger partial charge in [0.1, 0.15) is 0 Å². The molecule has 0 spiro atoms. The molecule has 162 valence electrons. The van der Waals surface area contributed by atoms with Gasteiger partial charge in [-0.2, -0.15) is 0 Å². The van der Waals surface area contributed by atoms with E-state index in [1.165, 1.54) is 17.6 Å². The van der Waals surface area contributed by atoms with Crippen LogP contribution in [0.4, 0.5) is 0 Å². The fourth-order valence-corrected chi connectivity index (χ4v) is 2.64. The number of hydrogen-bond donors (Lipinski definition) is 1. The van der Waals surface area contributed by atoms with Gasteiger partial charge >= 0.3 is 0 Å². The van der Waals surface area contributed by atoms with Gasteiger partial charge in [0.05, 0.1) is 0 Å². The van der Waals surface area contributed by atoms with Crippen molar-refractivity contribution in [1.82, 2.24) is 10.2 Å². The van der Waals surface area contributed by atoms with Crippen LogP contribution in [0.3, 0.4) is 0 Å². The maximum Gasteiger partial charge on any atom is 0.243 e. The molecule has 0 fully saturated rings. The van der Waals surface area contributed by atoms with Crippen LogP contribution in [0.1, 0.15) is 72.6 Å². The van der Waals surface area contributed by atoms with E-state index in [1.54, 1.807) is 6.08 Å². The molecular formula is C24H43ClN2O. The zero-order chi connectivity index (χ0) is 20.5. The van der Waals surface area contributed by atoms with E-state index < -0.39 is 0 Å². The highest BCUT2D eigenvalue weighted by molar-refractivity contribution is 5.88. The number of allylic oxidation sites excluding steroid dienone is 7. The lowest BCUT2D eigenvalue weighted by atomic mass is 10.0. The molecule has 0 atom stereocenters. The van der Waals surface area contributed by atoms with Gasteiger partial charge in [0, 0.05) is 19.2 Å². The van der Waals surface area contributed by atoms with Crippen molar-refractivity contribution in [3.8, 4) is 0 Å². The maximum absolute atomic E-state index is 11.8. The molecule has 0 heterocycles. The highest BCUT2D eigenvalue weighted by Crippen LogP contribution is 2.13. The number of carbonyl (C=O) groups is 1. The summed E-state index contributed by atoms with van der Waals surface area (Å²) in [6.07, 6.45) is 18.6. The average Bonchev–Trinajstić information content (AvgIpc) is 2.58. The zero-order valence-corrected chi connectivity index (χ0v) is 19.8. The minimum absolute atomic E-state index is 0. The van der Waals surface area contributed by atoms with Gasteiger partial charge in [0.2, 0.25) is 5.91 Å². The van der Waals surface area contributed by atoms with Gasteiger partial charge in [-0.1, -0.05) is 47.9 Å². The Bertz CT molecular complexity index is 531. The summed E-state index contributed by atoms with van der Waals surface area (Å²) in [5, 5.41) is 2.92. The number of nitrogens with zero attached hydrogens (tertiary/aromatic N) is 1. The molecule has 0 saturated heterocycles. The number of likely N-dealkylation sites (N-methyl/N-ethyl adjacent to an activating group) is 1. The van der Waals surface area contributed by atoms with E-state index in [4.69, 9.17) is 0 Å². The number of nitrogens with one attached hydrogen (secondary N) is 1. The summed E-state index contributed by atoms with van der Waals surface area (Å²) >= 11 is 0. The molecule has 4 heteroatoms. The third-order valence-corrected chi connectivity index (χ3v) is 4.41. The minimum Gasteiger partial charge on any atom is -0.351 e. The molecule has 0 saturated carbocycles. The summed E-state index contributed by atoms with van der Waals surface area (Å²) in [6.45, 7) is 10.2. The first-order chi connectivity index (χ1) is 12.8. The quantitative estimate of drug-likeness (QED) is 0.272. The minimum atomic E-state index is 0. The van der Waals surface area contributed by atoms with Crippen molar-refractivity contribution in [2.75, 3.05) is 27.2 Å². The monoisotopic (exact) mass is 410 g/mol. The zero-order valence-electron chi connectivity index (χ0n) is 19.0. The number of halogens is 1. The average molecular weight is 411 g/mol. The molecule has 0 aliphatic heterocycles. The van der Waals surface area contributed by atoms with Gasteiger partial charge < -0.3 is 10.2 Å². The Kier molecular flexibility index (Phi) is 19.6. The number of hydrogen-bond acceptors (Lipinski definition) is 2. The molecule has 3 nitrogen and oxygen atoms in total. The predicted octanol–water partition coefficient (Wildman–Crippen LogP) is 6.23. The van der Waals surface area contributed by atoms with Crippen LogP contribution in [0.2, 0.25) is 0 Å². The molecular weight excluding hydrogens is 368 g/mol. The summed E-state index contributed by atoms with van der Waals surface area (Å²) in [5.41, 5.74) is 4.06. The molecule has 0 aromatic heterocycles. The van der Waals surface area contributed by atoms with Crippen molar-refractivity contribution in [2.45, 2.75) is 72.6 Å². The maximum atomic E-state index is 11.8. The lowest BCUT2D eigenvalue weighted by molar-refractivity contribution is -0.116. The molecule has 0 aromatic carbocycles. The first kappa shape index (κ1) is 28.9. The molecule has 0 bridgehead atoms. The van der Waals surface area contributed by atoms with Crippen LogP contribution in [0.15, 0.2) is 47.1 Å². The predicted molar refractivity (Wildman–Crippen MR) is 127 cm³/mol. The number of amides is 1. The molecule has 1 N–H and O–H groups in total. The van der Waals surface area contributed by atoms with E-state index in [9.17, 15) is 4.79 Å². The van der Waals surface area contributed by atoms with Crippen LogP contribution in [-0.2, 0) is 4.79 Å². The van der Waals surface area contributed by atoms with E-state index in [0.29, 0.717) is 6.54 Å². The van der Waals surface area contributed by atoms with Crippen LogP contribution in [0, 0.1) is 0 Å². The first-order valence-electron chi connectivity index (χ1n) is 10.4. The van der Waals surface area contributed by atoms with Crippen molar-refractivity contribution in [2.24, 2.45) is 0 Å². The topological polar surface area (TPSA) is 32.3 Å². The van der Waals surface area contributed by atoms with Crippen molar-refractivity contribution in [1.29, 1.82) is 0 Å². The normalized spacial score (nSPS) is 13.2. The van der Waals surface area contributed by atoms with E-state index in [0.717, 1.165) is 50.6 Å². The fourth-order valence-electron chi connectivity index (χ4n) is 2.64. The van der Waals surface area contributed by atoms with Crippen molar-refractivity contribution in [3.05, 3.63) is 47.1 Å². The standard InChI is InChI=1S/C24H42N2O.ClH/c1-7-8-9-10-13-21(2)14-11-15-22(3)16-12-17-23(4)20-24(27)25-18-19-26(5)6;/h8-9,14,16,20H,7,10-13,15,17-19H2,1-6H3,(H,25,27);1H. The lowest BCUT2D eigenvalue weighted by Crippen LogP contribution is -2.30. The molecule has 0 radical (unpaired) electrons. The summed E-state index contributed by atoms with van der Waals surface area (Å²) in [5.74, 6) is 0.0180. The van der Waals surface area contributed by atoms with E-state index in [1.807, 2.05) is 21.0 Å². The Labute approximate surface area is 180 Å².